The first-order chi connectivity index (χ1) is 12.7. The van der Waals surface area contributed by atoms with E-state index in [0.717, 1.165) is 11.3 Å². The maximum atomic E-state index is 13.1. The smallest absolute Gasteiger partial charge is 0.276 e. The maximum absolute atomic E-state index is 13.1. The molecular formula is C20H22N4O2. The van der Waals surface area contributed by atoms with Crippen LogP contribution < -0.4 is 0 Å². The van der Waals surface area contributed by atoms with E-state index in [2.05, 4.69) is 10.2 Å². The molecule has 0 saturated carbocycles. The van der Waals surface area contributed by atoms with Crippen molar-refractivity contribution in [1.29, 1.82) is 0 Å². The van der Waals surface area contributed by atoms with Gasteiger partial charge < -0.3 is 10.0 Å². The van der Waals surface area contributed by atoms with Crippen molar-refractivity contribution in [1.82, 2.24) is 19.9 Å². The second-order valence-corrected chi connectivity index (χ2v) is 6.02. The third-order valence-electron chi connectivity index (χ3n) is 4.28. The Morgan fingerprint density at radius 1 is 1.12 bits per heavy atom. The van der Waals surface area contributed by atoms with Crippen molar-refractivity contribution in [2.75, 3.05) is 6.61 Å². The highest BCUT2D eigenvalue weighted by molar-refractivity contribution is 5.92. The van der Waals surface area contributed by atoms with Crippen LogP contribution in [0.1, 0.15) is 29.4 Å². The Morgan fingerprint density at radius 3 is 2.38 bits per heavy atom. The summed E-state index contributed by atoms with van der Waals surface area (Å²) in [6.07, 6.45) is 2.12. The number of nitrogens with zero attached hydrogens (tertiary/aromatic N) is 4. The number of hydrogen-bond acceptors (Lipinski definition) is 4. The number of carbonyl (C=O) groups excluding carboxylic acids is 1. The number of aliphatic hydroxyl groups is 1. The Bertz CT molecular complexity index is 829. The van der Waals surface area contributed by atoms with Crippen LogP contribution >= 0.6 is 0 Å². The number of amides is 1. The Hall–Kier alpha value is -2.99. The molecule has 6 nitrogen and oxygen atoms in total. The lowest BCUT2D eigenvalue weighted by molar-refractivity contribution is 0.0557. The Morgan fingerprint density at radius 2 is 1.77 bits per heavy atom. The van der Waals surface area contributed by atoms with Gasteiger partial charge in [0, 0.05) is 6.54 Å². The molecule has 1 heterocycles. The fourth-order valence-corrected chi connectivity index (χ4v) is 2.79. The van der Waals surface area contributed by atoms with Crippen molar-refractivity contribution >= 4 is 5.91 Å². The summed E-state index contributed by atoms with van der Waals surface area (Å²) in [5, 5.41) is 18.2. The summed E-state index contributed by atoms with van der Waals surface area (Å²) in [6, 6.07) is 18.9. The topological polar surface area (TPSA) is 71.2 Å². The molecule has 26 heavy (non-hydrogen) atoms. The molecule has 0 aliphatic carbocycles. The van der Waals surface area contributed by atoms with Crippen molar-refractivity contribution < 1.29 is 9.90 Å². The molecule has 3 rings (SSSR count). The molecule has 1 N–H and O–H groups in total. The van der Waals surface area contributed by atoms with Crippen LogP contribution in [0.3, 0.4) is 0 Å². The van der Waals surface area contributed by atoms with E-state index in [0.29, 0.717) is 13.0 Å². The van der Waals surface area contributed by atoms with Crippen LogP contribution in [0.5, 0.6) is 0 Å². The molecule has 0 unspecified atom stereocenters. The lowest BCUT2D eigenvalue weighted by atomic mass is 10.1. The van der Waals surface area contributed by atoms with Gasteiger partial charge in [0.1, 0.15) is 0 Å². The average molecular weight is 350 g/mol. The molecule has 1 atom stereocenters. The van der Waals surface area contributed by atoms with E-state index in [1.165, 1.54) is 11.0 Å². The highest BCUT2D eigenvalue weighted by atomic mass is 16.3. The van der Waals surface area contributed by atoms with Crippen LogP contribution in [0.25, 0.3) is 5.69 Å². The largest absolute Gasteiger partial charge is 0.394 e. The molecule has 0 radical (unpaired) electrons. The normalized spacial score (nSPS) is 11.9. The summed E-state index contributed by atoms with van der Waals surface area (Å²) in [4.78, 5) is 16.2. The molecule has 2 aromatic carbocycles. The van der Waals surface area contributed by atoms with E-state index in [4.69, 9.17) is 0 Å². The van der Waals surface area contributed by atoms with Crippen molar-refractivity contribution in [2.24, 2.45) is 0 Å². The van der Waals surface area contributed by atoms with Gasteiger partial charge in [0.2, 0.25) is 0 Å². The Kier molecular flexibility index (Phi) is 5.76. The van der Waals surface area contributed by atoms with Crippen LogP contribution in [-0.2, 0) is 6.54 Å². The van der Waals surface area contributed by atoms with Gasteiger partial charge in [-0.05, 0) is 24.1 Å². The van der Waals surface area contributed by atoms with Crippen LogP contribution in [-0.4, -0.2) is 43.6 Å². The average Bonchev–Trinajstić information content (AvgIpc) is 3.19. The molecule has 0 saturated heterocycles. The lowest BCUT2D eigenvalue weighted by Crippen LogP contribution is -2.41. The summed E-state index contributed by atoms with van der Waals surface area (Å²) in [6.45, 7) is 2.27. The zero-order chi connectivity index (χ0) is 18.4. The quantitative estimate of drug-likeness (QED) is 0.711. The first-order valence-corrected chi connectivity index (χ1v) is 8.66. The first-order valence-electron chi connectivity index (χ1n) is 8.66. The molecule has 0 fully saturated rings. The highest BCUT2D eigenvalue weighted by Gasteiger charge is 2.25. The fraction of sp³-hybridized carbons (Fsp3) is 0.250. The Labute approximate surface area is 152 Å². The van der Waals surface area contributed by atoms with Gasteiger partial charge in [-0.2, -0.15) is 9.90 Å². The van der Waals surface area contributed by atoms with Crippen molar-refractivity contribution in [2.45, 2.75) is 25.9 Å². The number of rotatable bonds is 7. The summed E-state index contributed by atoms with van der Waals surface area (Å²) < 4.78 is 0. The predicted octanol–water partition coefficient (Wildman–Crippen LogP) is 2.68. The number of aromatic nitrogens is 3. The molecule has 0 aliphatic heterocycles. The molecule has 0 spiro atoms. The zero-order valence-corrected chi connectivity index (χ0v) is 14.7. The second kappa shape index (κ2) is 8.40. The van der Waals surface area contributed by atoms with Gasteiger partial charge in [0.15, 0.2) is 5.69 Å². The summed E-state index contributed by atoms with van der Waals surface area (Å²) in [7, 11) is 0. The number of hydrogen-bond donors (Lipinski definition) is 1. The summed E-state index contributed by atoms with van der Waals surface area (Å²) in [5.74, 6) is -0.239. The van der Waals surface area contributed by atoms with E-state index in [1.807, 2.05) is 67.6 Å². The first kappa shape index (κ1) is 17.8. The van der Waals surface area contributed by atoms with E-state index in [1.54, 1.807) is 4.90 Å². The summed E-state index contributed by atoms with van der Waals surface area (Å²) in [5.41, 5.74) is 2.05. The second-order valence-electron chi connectivity index (χ2n) is 6.02. The SMILES string of the molecule is CC[C@@H](CO)N(Cc1ccccc1)C(=O)c1cnn(-c2ccccc2)n1. The monoisotopic (exact) mass is 350 g/mol. The maximum Gasteiger partial charge on any atom is 0.276 e. The van der Waals surface area contributed by atoms with Crippen molar-refractivity contribution in [3.63, 3.8) is 0 Å². The number of aliphatic hydroxyl groups excluding tert-OH is 1. The van der Waals surface area contributed by atoms with Gasteiger partial charge in [0.05, 0.1) is 24.5 Å². The van der Waals surface area contributed by atoms with Gasteiger partial charge in [-0.3, -0.25) is 4.79 Å². The minimum Gasteiger partial charge on any atom is -0.394 e. The summed E-state index contributed by atoms with van der Waals surface area (Å²) >= 11 is 0. The van der Waals surface area contributed by atoms with Gasteiger partial charge in [-0.25, -0.2) is 0 Å². The molecule has 1 aromatic heterocycles. The minimum atomic E-state index is -0.274. The van der Waals surface area contributed by atoms with Crippen molar-refractivity contribution in [3.8, 4) is 5.69 Å². The van der Waals surface area contributed by atoms with Gasteiger partial charge in [0.25, 0.3) is 5.91 Å². The van der Waals surface area contributed by atoms with E-state index >= 15 is 0 Å². The van der Waals surface area contributed by atoms with Crippen LogP contribution in [0.2, 0.25) is 0 Å². The third kappa shape index (κ3) is 3.97. The molecule has 1 amide bonds. The Balaban J connectivity index is 1.86. The predicted molar refractivity (Wildman–Crippen MR) is 98.8 cm³/mol. The highest BCUT2D eigenvalue weighted by Crippen LogP contribution is 2.15. The van der Waals surface area contributed by atoms with Crippen LogP contribution in [0, 0.1) is 0 Å². The zero-order valence-electron chi connectivity index (χ0n) is 14.7. The molecule has 0 aliphatic rings. The van der Waals surface area contributed by atoms with Crippen molar-refractivity contribution in [3.05, 3.63) is 78.1 Å². The van der Waals surface area contributed by atoms with Gasteiger partial charge in [-0.1, -0.05) is 55.5 Å². The standard InChI is InChI=1S/C20H22N4O2/c1-2-17(15-25)23(14-16-9-5-3-6-10-16)20(26)19-13-21-24(22-19)18-11-7-4-8-12-18/h3-13,17,25H,2,14-15H2,1H3/t17-/m0/s1. The van der Waals surface area contributed by atoms with E-state index < -0.39 is 0 Å². The van der Waals surface area contributed by atoms with Crippen LogP contribution in [0.15, 0.2) is 66.9 Å². The fourth-order valence-electron chi connectivity index (χ4n) is 2.79. The van der Waals surface area contributed by atoms with E-state index in [9.17, 15) is 9.90 Å². The third-order valence-corrected chi connectivity index (χ3v) is 4.28. The minimum absolute atomic E-state index is 0.0953. The molecular weight excluding hydrogens is 328 g/mol. The number of para-hydroxylation sites is 1. The van der Waals surface area contributed by atoms with Gasteiger partial charge in [-0.15, -0.1) is 5.10 Å². The molecule has 134 valence electrons. The molecule has 0 bridgehead atoms. The molecule has 6 heteroatoms. The number of benzene rings is 2. The number of carbonyl (C=O) groups is 1. The van der Waals surface area contributed by atoms with Gasteiger partial charge >= 0.3 is 0 Å². The van der Waals surface area contributed by atoms with Crippen LogP contribution in [0.4, 0.5) is 0 Å². The molecule has 3 aromatic rings. The lowest BCUT2D eigenvalue weighted by Gasteiger charge is -2.29. The van der Waals surface area contributed by atoms with E-state index in [-0.39, 0.29) is 24.2 Å².